The number of carbonyl (C=O) groups is 1. The third-order valence-electron chi connectivity index (χ3n) is 2.80. The van der Waals surface area contributed by atoms with Crippen molar-refractivity contribution in [1.82, 2.24) is 5.32 Å². The number of carbonyl (C=O) groups excluding carboxylic acids is 1. The molecule has 0 saturated carbocycles. The number of nitrogens with one attached hydrogen (secondary N) is 1. The summed E-state index contributed by atoms with van der Waals surface area (Å²) in [6.45, 7) is 6.15. The molecule has 0 radical (unpaired) electrons. The van der Waals surface area contributed by atoms with Gasteiger partial charge in [0.25, 0.3) is 0 Å². The lowest BCUT2D eigenvalue weighted by Gasteiger charge is -2.28. The summed E-state index contributed by atoms with van der Waals surface area (Å²) in [6, 6.07) is 4.04. The van der Waals surface area contributed by atoms with Gasteiger partial charge in [-0.1, -0.05) is 6.07 Å². The topological polar surface area (TPSA) is 38.3 Å². The Hall–Kier alpha value is -1.42. The van der Waals surface area contributed by atoms with Crippen LogP contribution in [0.3, 0.4) is 0 Å². The molecule has 0 fully saturated rings. The SMILES string of the molecule is CC(C)(C)OC(=O)[C@@H]1NCCc2cc(F)ccc21. The second kappa shape index (κ2) is 4.69. The summed E-state index contributed by atoms with van der Waals surface area (Å²) in [6.07, 6.45) is 0.729. The minimum atomic E-state index is -0.517. The first-order valence-corrected chi connectivity index (χ1v) is 6.11. The van der Waals surface area contributed by atoms with Crippen molar-refractivity contribution in [3.05, 3.63) is 35.1 Å². The zero-order valence-corrected chi connectivity index (χ0v) is 10.9. The lowest BCUT2D eigenvalue weighted by atomic mass is 9.94. The molecule has 3 nitrogen and oxygen atoms in total. The first-order valence-electron chi connectivity index (χ1n) is 6.11. The zero-order chi connectivity index (χ0) is 13.3. The van der Waals surface area contributed by atoms with E-state index in [1.54, 1.807) is 6.07 Å². The van der Waals surface area contributed by atoms with Crippen LogP contribution in [0.15, 0.2) is 18.2 Å². The average Bonchev–Trinajstić information content (AvgIpc) is 2.25. The van der Waals surface area contributed by atoms with Gasteiger partial charge in [0.2, 0.25) is 0 Å². The summed E-state index contributed by atoms with van der Waals surface area (Å²) < 4.78 is 18.5. The minimum Gasteiger partial charge on any atom is -0.459 e. The predicted octanol–water partition coefficient (Wildman–Crippen LogP) is 2.35. The highest BCUT2D eigenvalue weighted by Crippen LogP contribution is 2.26. The van der Waals surface area contributed by atoms with Crippen molar-refractivity contribution < 1.29 is 13.9 Å². The van der Waals surface area contributed by atoms with E-state index >= 15 is 0 Å². The molecule has 1 aliphatic rings. The number of esters is 1. The molecule has 0 aliphatic carbocycles. The highest BCUT2D eigenvalue weighted by atomic mass is 19.1. The third kappa shape index (κ3) is 2.88. The van der Waals surface area contributed by atoms with Gasteiger partial charge in [0.1, 0.15) is 17.5 Å². The van der Waals surface area contributed by atoms with Crippen molar-refractivity contribution in [2.75, 3.05) is 6.54 Å². The molecule has 1 aromatic rings. The zero-order valence-electron chi connectivity index (χ0n) is 10.9. The molecule has 1 N–H and O–H groups in total. The van der Waals surface area contributed by atoms with E-state index in [9.17, 15) is 9.18 Å². The first-order chi connectivity index (χ1) is 8.37. The van der Waals surface area contributed by atoms with Gasteiger partial charge in [0.05, 0.1) is 0 Å². The molecule has 2 rings (SSSR count). The summed E-state index contributed by atoms with van der Waals surface area (Å²) in [7, 11) is 0. The Morgan fingerprint density at radius 3 is 2.83 bits per heavy atom. The van der Waals surface area contributed by atoms with E-state index in [4.69, 9.17) is 4.74 Å². The lowest BCUT2D eigenvalue weighted by molar-refractivity contribution is -0.157. The third-order valence-corrected chi connectivity index (χ3v) is 2.80. The Morgan fingerprint density at radius 1 is 1.44 bits per heavy atom. The van der Waals surface area contributed by atoms with Crippen molar-refractivity contribution in [3.63, 3.8) is 0 Å². The van der Waals surface area contributed by atoms with Gasteiger partial charge in [-0.25, -0.2) is 9.18 Å². The maximum Gasteiger partial charge on any atom is 0.328 e. The highest BCUT2D eigenvalue weighted by Gasteiger charge is 2.30. The molecule has 0 spiro atoms. The number of hydrogen-bond acceptors (Lipinski definition) is 3. The predicted molar refractivity (Wildman–Crippen MR) is 66.7 cm³/mol. The number of benzene rings is 1. The van der Waals surface area contributed by atoms with Crippen LogP contribution in [0.1, 0.15) is 37.9 Å². The lowest BCUT2D eigenvalue weighted by Crippen LogP contribution is -2.39. The Kier molecular flexibility index (Phi) is 3.39. The Balaban J connectivity index is 2.25. The molecular weight excluding hydrogens is 233 g/mol. The van der Waals surface area contributed by atoms with Crippen molar-refractivity contribution in [3.8, 4) is 0 Å². The van der Waals surface area contributed by atoms with Crippen LogP contribution in [0.5, 0.6) is 0 Å². The smallest absolute Gasteiger partial charge is 0.328 e. The maximum atomic E-state index is 13.2. The van der Waals surface area contributed by atoms with Gasteiger partial charge in [-0.15, -0.1) is 0 Å². The van der Waals surface area contributed by atoms with Crippen LogP contribution in [0, 0.1) is 5.82 Å². The van der Waals surface area contributed by atoms with Crippen molar-refractivity contribution in [2.24, 2.45) is 0 Å². The molecule has 1 aliphatic heterocycles. The second-order valence-electron chi connectivity index (χ2n) is 5.51. The number of rotatable bonds is 1. The minimum absolute atomic E-state index is 0.265. The molecule has 1 heterocycles. The molecule has 18 heavy (non-hydrogen) atoms. The van der Waals surface area contributed by atoms with E-state index < -0.39 is 11.6 Å². The molecule has 0 unspecified atom stereocenters. The monoisotopic (exact) mass is 251 g/mol. The van der Waals surface area contributed by atoms with E-state index in [-0.39, 0.29) is 11.8 Å². The molecule has 1 atom stereocenters. The van der Waals surface area contributed by atoms with Gasteiger partial charge in [0.15, 0.2) is 0 Å². The Bertz CT molecular complexity index is 465. The summed E-state index contributed by atoms with van der Waals surface area (Å²) in [5.41, 5.74) is 1.18. The first kappa shape index (κ1) is 13.0. The Labute approximate surface area is 106 Å². The molecule has 0 aromatic heterocycles. The fourth-order valence-corrected chi connectivity index (χ4v) is 2.10. The summed E-state index contributed by atoms with van der Waals surface area (Å²) in [5.74, 6) is -0.575. The van der Waals surface area contributed by atoms with E-state index in [0.717, 1.165) is 17.5 Å². The van der Waals surface area contributed by atoms with E-state index in [1.807, 2.05) is 20.8 Å². The summed E-state index contributed by atoms with van der Waals surface area (Å²) >= 11 is 0. The summed E-state index contributed by atoms with van der Waals surface area (Å²) in [4.78, 5) is 12.1. The number of fused-ring (bicyclic) bond motifs is 1. The van der Waals surface area contributed by atoms with Gasteiger partial charge in [-0.2, -0.15) is 0 Å². The summed E-state index contributed by atoms with van der Waals surface area (Å²) in [5, 5.41) is 3.12. The fraction of sp³-hybridized carbons (Fsp3) is 0.500. The number of halogens is 1. The second-order valence-corrected chi connectivity index (χ2v) is 5.51. The van der Waals surface area contributed by atoms with Crippen LogP contribution in [0.4, 0.5) is 4.39 Å². The van der Waals surface area contributed by atoms with Gasteiger partial charge in [-0.05, 0) is 50.5 Å². The van der Waals surface area contributed by atoms with E-state index in [1.165, 1.54) is 12.1 Å². The molecule has 1 aromatic carbocycles. The fourth-order valence-electron chi connectivity index (χ4n) is 2.10. The van der Waals surface area contributed by atoms with Crippen molar-refractivity contribution in [1.29, 1.82) is 0 Å². The molecule has 0 amide bonds. The molecule has 0 bridgehead atoms. The van der Waals surface area contributed by atoms with Crippen LogP contribution in [-0.4, -0.2) is 18.1 Å². The van der Waals surface area contributed by atoms with Crippen LogP contribution in [-0.2, 0) is 16.0 Å². The largest absolute Gasteiger partial charge is 0.459 e. The number of hydrogen-bond donors (Lipinski definition) is 1. The highest BCUT2D eigenvalue weighted by molar-refractivity contribution is 5.79. The van der Waals surface area contributed by atoms with Gasteiger partial charge in [-0.3, -0.25) is 0 Å². The molecular formula is C14H18FNO2. The molecule has 98 valence electrons. The van der Waals surface area contributed by atoms with Crippen LogP contribution in [0.2, 0.25) is 0 Å². The van der Waals surface area contributed by atoms with Crippen molar-refractivity contribution >= 4 is 5.97 Å². The van der Waals surface area contributed by atoms with Crippen LogP contribution < -0.4 is 5.32 Å². The molecule has 4 heteroatoms. The number of ether oxygens (including phenoxy) is 1. The average molecular weight is 251 g/mol. The quantitative estimate of drug-likeness (QED) is 0.779. The normalized spacial score (nSPS) is 19.2. The van der Waals surface area contributed by atoms with Crippen LogP contribution in [0.25, 0.3) is 0 Å². The molecule has 0 saturated heterocycles. The van der Waals surface area contributed by atoms with Gasteiger partial charge in [0, 0.05) is 6.54 Å². The van der Waals surface area contributed by atoms with Gasteiger partial charge < -0.3 is 10.1 Å². The van der Waals surface area contributed by atoms with E-state index in [0.29, 0.717) is 6.54 Å². The standard InChI is InChI=1S/C14H18FNO2/c1-14(2,3)18-13(17)12-11-5-4-10(15)8-9(11)6-7-16-12/h4-5,8,12,16H,6-7H2,1-3H3/t12-/m1/s1. The maximum absolute atomic E-state index is 13.2. The van der Waals surface area contributed by atoms with Gasteiger partial charge >= 0.3 is 5.97 Å². The van der Waals surface area contributed by atoms with E-state index in [2.05, 4.69) is 5.32 Å². The van der Waals surface area contributed by atoms with Crippen molar-refractivity contribution in [2.45, 2.75) is 38.8 Å². The van der Waals surface area contributed by atoms with Crippen LogP contribution >= 0.6 is 0 Å². The Morgan fingerprint density at radius 2 is 2.17 bits per heavy atom.